The average molecular weight is 632 g/mol. The van der Waals surface area contributed by atoms with Crippen LogP contribution in [0.25, 0.3) is 11.3 Å². The molecule has 2 aliphatic carbocycles. The number of rotatable bonds is 5. The van der Waals surface area contributed by atoms with Gasteiger partial charge in [0.05, 0.1) is 30.2 Å². The molecule has 1 aromatic heterocycles. The van der Waals surface area contributed by atoms with E-state index in [1.807, 2.05) is 50.2 Å². The van der Waals surface area contributed by atoms with Gasteiger partial charge in [-0.3, -0.25) is 4.79 Å². The Hall–Kier alpha value is -3.46. The van der Waals surface area contributed by atoms with Crippen LogP contribution in [-0.4, -0.2) is 38.1 Å². The van der Waals surface area contributed by atoms with Crippen molar-refractivity contribution >= 4 is 21.9 Å². The van der Waals surface area contributed by atoms with Crippen LogP contribution < -0.4 is 9.46 Å². The molecule has 4 bridgehead atoms. The number of carbonyl (C=O) groups excluding carboxylic acids is 1. The lowest BCUT2D eigenvalue weighted by atomic mass is 9.45. The smallest absolute Gasteiger partial charge is 0.308 e. The summed E-state index contributed by atoms with van der Waals surface area (Å²) in [6.07, 6.45) is 5.70. The van der Waals surface area contributed by atoms with Crippen LogP contribution in [0.1, 0.15) is 81.9 Å². The van der Waals surface area contributed by atoms with Gasteiger partial charge in [0, 0.05) is 17.5 Å². The van der Waals surface area contributed by atoms with Crippen LogP contribution in [0, 0.1) is 42.4 Å². The van der Waals surface area contributed by atoms with E-state index in [1.54, 1.807) is 6.07 Å². The highest BCUT2D eigenvalue weighted by molar-refractivity contribution is 7.92. The van der Waals surface area contributed by atoms with Crippen molar-refractivity contribution in [2.24, 2.45) is 28.6 Å². The van der Waals surface area contributed by atoms with Crippen molar-refractivity contribution in [1.82, 2.24) is 9.97 Å². The molecular formula is C36H45N3O5S. The number of nitrogens with one attached hydrogen (secondary N) is 1. The van der Waals surface area contributed by atoms with E-state index in [4.69, 9.17) is 9.47 Å². The number of sulfonamides is 1. The Morgan fingerprint density at radius 3 is 2.38 bits per heavy atom. The molecule has 2 saturated carbocycles. The summed E-state index contributed by atoms with van der Waals surface area (Å²) >= 11 is 0. The van der Waals surface area contributed by atoms with E-state index < -0.39 is 10.0 Å². The van der Waals surface area contributed by atoms with Gasteiger partial charge in [-0.05, 0) is 104 Å². The highest BCUT2D eigenvalue weighted by atomic mass is 32.2. The zero-order valence-electron chi connectivity index (χ0n) is 27.2. The maximum atomic E-state index is 13.8. The lowest BCUT2D eigenvalue weighted by molar-refractivity contribution is -0.163. The predicted molar refractivity (Wildman–Crippen MR) is 175 cm³/mol. The van der Waals surface area contributed by atoms with Gasteiger partial charge in [0.25, 0.3) is 10.0 Å². The van der Waals surface area contributed by atoms with E-state index in [-0.39, 0.29) is 45.4 Å². The average Bonchev–Trinajstić information content (AvgIpc) is 2.92. The fraction of sp³-hybridized carbons (Fsp3) is 0.528. The van der Waals surface area contributed by atoms with Crippen molar-refractivity contribution < 1.29 is 22.7 Å². The molecule has 3 aliphatic rings. The van der Waals surface area contributed by atoms with Crippen molar-refractivity contribution in [2.75, 3.05) is 18.4 Å². The van der Waals surface area contributed by atoms with E-state index >= 15 is 0 Å². The number of methoxy groups -OCH3 is 1. The number of nitrogens with zero attached hydrogens (tertiary/aromatic N) is 2. The van der Waals surface area contributed by atoms with Gasteiger partial charge >= 0.3 is 5.97 Å². The maximum Gasteiger partial charge on any atom is 0.308 e. The minimum absolute atomic E-state index is 0.00926. The first kappa shape index (κ1) is 31.5. The quantitative estimate of drug-likeness (QED) is 0.291. The molecule has 6 rings (SSSR count). The monoisotopic (exact) mass is 631 g/mol. The summed E-state index contributed by atoms with van der Waals surface area (Å²) in [7, 11) is -2.51. The second kappa shape index (κ2) is 11.7. The molecular weight excluding hydrogens is 586 g/mol. The number of ether oxygens (including phenoxy) is 2. The Balaban J connectivity index is 1.40. The van der Waals surface area contributed by atoms with Crippen molar-refractivity contribution in [1.29, 1.82) is 0 Å². The number of fused-ring (bicyclic) bond motifs is 4. The van der Waals surface area contributed by atoms with Gasteiger partial charge < -0.3 is 9.47 Å². The fourth-order valence-electron chi connectivity index (χ4n) is 8.02. The molecule has 0 amide bonds. The van der Waals surface area contributed by atoms with Crippen LogP contribution in [-0.2, 0) is 19.6 Å². The van der Waals surface area contributed by atoms with E-state index in [0.29, 0.717) is 24.1 Å². The zero-order chi connectivity index (χ0) is 32.1. The molecule has 2 heterocycles. The highest BCUT2D eigenvalue weighted by Crippen LogP contribution is 2.65. The van der Waals surface area contributed by atoms with Crippen LogP contribution in [0.15, 0.2) is 53.4 Å². The Bertz CT molecular complexity index is 1680. The molecule has 240 valence electrons. The first-order chi connectivity index (χ1) is 21.3. The third-order valence-electron chi connectivity index (χ3n) is 10.2. The molecule has 0 saturated heterocycles. The van der Waals surface area contributed by atoms with Gasteiger partial charge in [-0.15, -0.1) is 0 Å². The molecule has 1 unspecified atom stereocenters. The molecule has 0 radical (unpaired) electrons. The van der Waals surface area contributed by atoms with Crippen LogP contribution in [0.2, 0.25) is 0 Å². The lowest BCUT2D eigenvalue weighted by Gasteiger charge is -2.59. The van der Waals surface area contributed by atoms with E-state index in [2.05, 4.69) is 41.5 Å². The lowest BCUT2D eigenvalue weighted by Crippen LogP contribution is -2.52. The molecule has 9 heteroatoms. The number of carbonyl (C=O) groups is 1. The summed E-state index contributed by atoms with van der Waals surface area (Å²) < 4.78 is 41.7. The number of aromatic nitrogens is 2. The van der Waals surface area contributed by atoms with Gasteiger partial charge in [-0.25, -0.2) is 18.1 Å². The molecule has 2 atom stereocenters. The minimum atomic E-state index is -3.97. The van der Waals surface area contributed by atoms with Crippen LogP contribution in [0.5, 0.6) is 5.88 Å². The maximum absolute atomic E-state index is 13.8. The Kier molecular flexibility index (Phi) is 8.21. The van der Waals surface area contributed by atoms with Gasteiger partial charge in [-0.1, -0.05) is 51.1 Å². The third-order valence-corrected chi connectivity index (χ3v) is 11.6. The molecule has 1 N–H and O–H groups in total. The minimum Gasteiger partial charge on any atom is -0.477 e. The molecule has 45 heavy (non-hydrogen) atoms. The fourth-order valence-corrected chi connectivity index (χ4v) is 9.02. The predicted octanol–water partition coefficient (Wildman–Crippen LogP) is 7.46. The van der Waals surface area contributed by atoms with Crippen LogP contribution in [0.3, 0.4) is 0 Å². The van der Waals surface area contributed by atoms with Gasteiger partial charge in [0.2, 0.25) is 11.8 Å². The molecule has 1 aliphatic heterocycles. The van der Waals surface area contributed by atoms with Gasteiger partial charge in [0.1, 0.15) is 0 Å². The van der Waals surface area contributed by atoms with Crippen molar-refractivity contribution in [3.05, 3.63) is 65.2 Å². The number of hydrogen-bond acceptors (Lipinski definition) is 7. The van der Waals surface area contributed by atoms with E-state index in [0.717, 1.165) is 60.8 Å². The number of esters is 1. The standard InChI is InChI=1S/C36H45N3O5S/c1-22-9-7-10-23(2)31(22)29-16-30-38-34(37-29)39-45(41,42)28-12-8-11-24(15-28)32(25(21-44-30)13-14-35(3,4)5)26-17-36(18-26)19-27(20-36)33(40)43-6/h7-12,15-16,25-27,32H,13-14,17-21H2,1-6H3,(H,37,38,39)/t25-,26?,27?,32?,36?/m1/s1. The first-order valence-corrected chi connectivity index (χ1v) is 17.5. The summed E-state index contributed by atoms with van der Waals surface area (Å²) in [4.78, 5) is 21.5. The summed E-state index contributed by atoms with van der Waals surface area (Å²) in [6, 6.07) is 15.2. The number of benzene rings is 2. The topological polar surface area (TPSA) is 107 Å². The van der Waals surface area contributed by atoms with Gasteiger partial charge in [0.15, 0.2) is 0 Å². The summed E-state index contributed by atoms with van der Waals surface area (Å²) in [5, 5.41) is 0. The summed E-state index contributed by atoms with van der Waals surface area (Å²) in [5.74, 6) is 0.821. The third kappa shape index (κ3) is 6.46. The SMILES string of the molecule is COC(=O)C1CC2(C1)CC(C1c3cccc(c3)S(=O)(=O)Nc3nc(cc(-c4c(C)cccc4C)n3)OC[C@H]1CCC(C)(C)C)C2. The molecule has 1 spiro atoms. The molecule has 3 aromatic rings. The highest BCUT2D eigenvalue weighted by Gasteiger charge is 2.57. The second-order valence-corrected chi connectivity index (χ2v) is 16.5. The van der Waals surface area contributed by atoms with Crippen molar-refractivity contribution in [3.63, 3.8) is 0 Å². The summed E-state index contributed by atoms with van der Waals surface area (Å²) in [5.41, 5.74) is 4.95. The Labute approximate surface area is 267 Å². The van der Waals surface area contributed by atoms with Crippen LogP contribution in [0.4, 0.5) is 5.95 Å². The largest absolute Gasteiger partial charge is 0.477 e. The number of anilines is 1. The van der Waals surface area contributed by atoms with Crippen molar-refractivity contribution in [2.45, 2.75) is 84.0 Å². The number of hydrogen-bond donors (Lipinski definition) is 1. The normalized spacial score (nSPS) is 27.1. The zero-order valence-corrected chi connectivity index (χ0v) is 28.0. The summed E-state index contributed by atoms with van der Waals surface area (Å²) in [6.45, 7) is 11.3. The van der Waals surface area contributed by atoms with Crippen molar-refractivity contribution in [3.8, 4) is 17.1 Å². The Morgan fingerprint density at radius 1 is 1.02 bits per heavy atom. The first-order valence-electron chi connectivity index (χ1n) is 16.0. The van der Waals surface area contributed by atoms with E-state index in [1.165, 1.54) is 7.11 Å². The Morgan fingerprint density at radius 2 is 1.71 bits per heavy atom. The molecule has 8 nitrogen and oxygen atoms in total. The second-order valence-electron chi connectivity index (χ2n) is 14.9. The number of aryl methyl sites for hydroxylation is 2. The van der Waals surface area contributed by atoms with E-state index in [9.17, 15) is 13.2 Å². The van der Waals surface area contributed by atoms with Crippen LogP contribution >= 0.6 is 0 Å². The molecule has 2 fully saturated rings. The van der Waals surface area contributed by atoms with Gasteiger partial charge in [-0.2, -0.15) is 4.98 Å². The molecule has 2 aromatic carbocycles.